The fourth-order valence-corrected chi connectivity index (χ4v) is 10.6. The first kappa shape index (κ1) is 11.3. The smallest absolute Gasteiger partial charge is 0.0195 e. The third kappa shape index (κ3) is 0.802. The summed E-state index contributed by atoms with van der Waals surface area (Å²) in [6.45, 7) is 8.70. The molecule has 5 saturated carbocycles. The van der Waals surface area contributed by atoms with E-state index in [4.69, 9.17) is 0 Å². The minimum absolute atomic E-state index is 0.680. The summed E-state index contributed by atoms with van der Waals surface area (Å²) in [6, 6.07) is 2.00. The minimum Gasteiger partial charge on any atom is -0.296 e. The standard InChI is InChI=1S/C20H27N/c1-11-8-19-9-14-16-18(2)6-3-7-20(16)15(19)12(11)4-5-13(19)17(20)21(14)10-18/h12-17H,1,3-10H2,2H3/t12-,13?,14-,15?,16-,17?,18?,19+,20?/m1/s1. The van der Waals surface area contributed by atoms with Crippen molar-refractivity contribution in [1.29, 1.82) is 0 Å². The van der Waals surface area contributed by atoms with Crippen molar-refractivity contribution >= 4 is 0 Å². The van der Waals surface area contributed by atoms with Gasteiger partial charge >= 0.3 is 0 Å². The van der Waals surface area contributed by atoms with Gasteiger partial charge in [-0.05, 0) is 78.4 Å². The molecule has 0 radical (unpaired) electrons. The maximum atomic E-state index is 4.58. The van der Waals surface area contributed by atoms with Crippen molar-refractivity contribution in [3.8, 4) is 0 Å². The lowest BCUT2D eigenvalue weighted by atomic mass is 9.45. The molecule has 2 spiro atoms. The van der Waals surface area contributed by atoms with Crippen LogP contribution < -0.4 is 0 Å². The van der Waals surface area contributed by atoms with Gasteiger partial charge in [-0.2, -0.15) is 0 Å². The molecule has 1 nitrogen and oxygen atoms in total. The predicted octanol–water partition coefficient (Wildman–Crippen LogP) is 3.85. The minimum atomic E-state index is 0.680. The molecular weight excluding hydrogens is 254 g/mol. The maximum absolute atomic E-state index is 4.58. The predicted molar refractivity (Wildman–Crippen MR) is 82.7 cm³/mol. The Hall–Kier alpha value is -0.300. The second-order valence-electron chi connectivity index (χ2n) is 10.3. The molecule has 0 aromatic carbocycles. The molecular formula is C20H27N. The van der Waals surface area contributed by atoms with Crippen molar-refractivity contribution < 1.29 is 0 Å². The molecule has 1 heteroatoms. The average Bonchev–Trinajstić information content (AvgIpc) is 2.91. The highest BCUT2D eigenvalue weighted by atomic mass is 15.3. The number of hydrogen-bond donors (Lipinski definition) is 0. The maximum Gasteiger partial charge on any atom is 0.0195 e. The van der Waals surface area contributed by atoms with Crippen LogP contribution in [0, 0.1) is 39.9 Å². The highest BCUT2D eigenvalue weighted by Gasteiger charge is 2.87. The normalized spacial score (nSPS) is 74.5. The Morgan fingerprint density at radius 1 is 1.19 bits per heavy atom. The molecule has 0 aromatic heterocycles. The van der Waals surface area contributed by atoms with Crippen LogP contribution in [-0.4, -0.2) is 23.5 Å². The van der Waals surface area contributed by atoms with Crippen LogP contribution in [0.25, 0.3) is 0 Å². The van der Waals surface area contributed by atoms with Gasteiger partial charge in [0.2, 0.25) is 0 Å². The lowest BCUT2D eigenvalue weighted by Gasteiger charge is -2.58. The summed E-state index contributed by atoms with van der Waals surface area (Å²) in [7, 11) is 0. The van der Waals surface area contributed by atoms with Crippen LogP contribution in [0.5, 0.6) is 0 Å². The lowest BCUT2D eigenvalue weighted by molar-refractivity contribution is -0.0931. The zero-order valence-electron chi connectivity index (χ0n) is 13.3. The van der Waals surface area contributed by atoms with Crippen LogP contribution in [0.1, 0.15) is 51.9 Å². The van der Waals surface area contributed by atoms with Crippen molar-refractivity contribution in [3.63, 3.8) is 0 Å². The molecule has 3 heterocycles. The van der Waals surface area contributed by atoms with Gasteiger partial charge < -0.3 is 0 Å². The highest BCUT2D eigenvalue weighted by Crippen LogP contribution is 2.88. The molecule has 0 aromatic rings. The van der Waals surface area contributed by atoms with Crippen LogP contribution in [0.3, 0.4) is 0 Å². The van der Waals surface area contributed by atoms with Gasteiger partial charge in [-0.3, -0.25) is 4.90 Å². The van der Waals surface area contributed by atoms with Gasteiger partial charge in [-0.15, -0.1) is 0 Å². The van der Waals surface area contributed by atoms with Gasteiger partial charge in [-0.1, -0.05) is 25.5 Å². The van der Waals surface area contributed by atoms with Gasteiger partial charge in [0, 0.05) is 18.6 Å². The van der Waals surface area contributed by atoms with Crippen molar-refractivity contribution in [2.24, 2.45) is 39.9 Å². The molecule has 112 valence electrons. The zero-order chi connectivity index (χ0) is 13.8. The van der Waals surface area contributed by atoms with E-state index in [1.807, 2.05) is 0 Å². The van der Waals surface area contributed by atoms with Crippen molar-refractivity contribution in [2.45, 2.75) is 64.0 Å². The Morgan fingerprint density at radius 2 is 2.10 bits per heavy atom. The van der Waals surface area contributed by atoms with E-state index in [9.17, 15) is 0 Å². The van der Waals surface area contributed by atoms with Crippen LogP contribution in [0.2, 0.25) is 0 Å². The third-order valence-electron chi connectivity index (χ3n) is 10.1. The molecule has 21 heavy (non-hydrogen) atoms. The van der Waals surface area contributed by atoms with Gasteiger partial charge in [0.25, 0.3) is 0 Å². The van der Waals surface area contributed by atoms with Crippen molar-refractivity contribution in [3.05, 3.63) is 12.2 Å². The first-order chi connectivity index (χ1) is 10.1. The number of nitrogens with zero attached hydrogens (tertiary/aromatic N) is 1. The van der Waals surface area contributed by atoms with Crippen LogP contribution in [-0.2, 0) is 0 Å². The van der Waals surface area contributed by atoms with E-state index in [-0.39, 0.29) is 0 Å². The van der Waals surface area contributed by atoms with Gasteiger partial charge in [-0.25, -0.2) is 0 Å². The Balaban J connectivity index is 1.56. The van der Waals surface area contributed by atoms with E-state index >= 15 is 0 Å². The van der Waals surface area contributed by atoms with Crippen molar-refractivity contribution in [2.75, 3.05) is 6.54 Å². The molecule has 5 aliphatic carbocycles. The highest BCUT2D eigenvalue weighted by molar-refractivity contribution is 5.41. The van der Waals surface area contributed by atoms with E-state index in [0.29, 0.717) is 5.41 Å². The fourth-order valence-electron chi connectivity index (χ4n) is 10.6. The van der Waals surface area contributed by atoms with Gasteiger partial charge in [0.1, 0.15) is 0 Å². The molecule has 0 N–H and O–H groups in total. The molecule has 3 aliphatic heterocycles. The van der Waals surface area contributed by atoms with E-state index in [0.717, 1.165) is 46.6 Å². The van der Waals surface area contributed by atoms with E-state index < -0.39 is 0 Å². The van der Waals surface area contributed by atoms with Crippen LogP contribution >= 0.6 is 0 Å². The van der Waals surface area contributed by atoms with Crippen LogP contribution in [0.4, 0.5) is 0 Å². The van der Waals surface area contributed by atoms with Gasteiger partial charge in [0.15, 0.2) is 0 Å². The van der Waals surface area contributed by atoms with E-state index in [1.165, 1.54) is 32.2 Å². The Kier molecular flexibility index (Phi) is 1.50. The molecule has 10 atom stereocenters. The lowest BCUT2D eigenvalue weighted by Crippen LogP contribution is -2.56. The monoisotopic (exact) mass is 281 g/mol. The number of piperidine rings is 2. The quantitative estimate of drug-likeness (QED) is 0.610. The number of rotatable bonds is 0. The van der Waals surface area contributed by atoms with Crippen LogP contribution in [0.15, 0.2) is 12.2 Å². The number of allylic oxidation sites excluding steroid dienone is 1. The molecule has 8 fully saturated rings. The molecule has 3 saturated heterocycles. The summed E-state index contributed by atoms with van der Waals surface area (Å²) < 4.78 is 0. The zero-order valence-corrected chi connectivity index (χ0v) is 13.3. The second-order valence-corrected chi connectivity index (χ2v) is 10.3. The Bertz CT molecular complexity index is 609. The summed E-state index contributed by atoms with van der Waals surface area (Å²) in [4.78, 5) is 3.09. The largest absolute Gasteiger partial charge is 0.296 e. The summed E-state index contributed by atoms with van der Waals surface area (Å²) >= 11 is 0. The van der Waals surface area contributed by atoms with E-state index in [2.05, 4.69) is 18.4 Å². The summed E-state index contributed by atoms with van der Waals surface area (Å²) in [5, 5.41) is 0. The molecule has 8 aliphatic rings. The molecule has 9 bridgehead atoms. The first-order valence-electron chi connectivity index (χ1n) is 9.55. The third-order valence-corrected chi connectivity index (χ3v) is 10.1. The Morgan fingerprint density at radius 3 is 3.00 bits per heavy atom. The first-order valence-corrected chi connectivity index (χ1v) is 9.55. The summed E-state index contributed by atoms with van der Waals surface area (Å²) in [5.74, 6) is 4.11. The SMILES string of the molecule is C=C1C[C@]23C[C@@H]4[C@@H]5C6(C)CCCC57C(C2CC[C@H]1C73)N4C6. The molecule has 8 rings (SSSR count). The van der Waals surface area contributed by atoms with E-state index in [1.54, 1.807) is 24.8 Å². The molecule has 0 amide bonds. The Labute approximate surface area is 128 Å². The fraction of sp³-hybridized carbons (Fsp3) is 0.900. The average molecular weight is 281 g/mol. The summed E-state index contributed by atoms with van der Waals surface area (Å²) in [6.07, 6.45) is 10.7. The van der Waals surface area contributed by atoms with Crippen molar-refractivity contribution in [1.82, 2.24) is 4.90 Å². The molecule has 6 unspecified atom stereocenters. The van der Waals surface area contributed by atoms with Gasteiger partial charge in [0.05, 0.1) is 0 Å². The number of hydrogen-bond acceptors (Lipinski definition) is 1. The second kappa shape index (κ2) is 2.79. The topological polar surface area (TPSA) is 3.24 Å². The summed E-state index contributed by atoms with van der Waals surface area (Å²) in [5.41, 5.74) is 3.85.